The molecule has 3 aromatic rings. The molecule has 5 nitrogen and oxygen atoms in total. The first-order valence-electron chi connectivity index (χ1n) is 8.91. The second-order valence-electron chi connectivity index (χ2n) is 6.33. The van der Waals surface area contributed by atoms with Crippen molar-refractivity contribution in [2.75, 3.05) is 13.7 Å². The van der Waals surface area contributed by atoms with Crippen LogP contribution >= 0.6 is 0 Å². The van der Waals surface area contributed by atoms with E-state index in [2.05, 4.69) is 29.3 Å². The molecule has 3 rings (SSSR count). The monoisotopic (exact) mass is 364 g/mol. The number of rotatable bonds is 7. The Labute approximate surface area is 159 Å². The molecule has 27 heavy (non-hydrogen) atoms. The van der Waals surface area contributed by atoms with Gasteiger partial charge in [0.25, 0.3) is 0 Å². The minimum Gasteiger partial charge on any atom is -0.497 e. The van der Waals surface area contributed by atoms with Gasteiger partial charge in [0.1, 0.15) is 17.1 Å². The summed E-state index contributed by atoms with van der Waals surface area (Å²) < 4.78 is 11.5. The zero-order chi connectivity index (χ0) is 19.2. The molecule has 2 aromatic carbocycles. The van der Waals surface area contributed by atoms with Crippen LogP contribution in [0.15, 0.2) is 65.6 Å². The van der Waals surface area contributed by atoms with Crippen molar-refractivity contribution in [1.82, 2.24) is 10.6 Å². The van der Waals surface area contributed by atoms with Crippen molar-refractivity contribution in [3.63, 3.8) is 0 Å². The fraction of sp³-hybridized carbons (Fsp3) is 0.227. The predicted molar refractivity (Wildman–Crippen MR) is 107 cm³/mol. The van der Waals surface area contributed by atoms with Crippen LogP contribution in [0.4, 0.5) is 4.79 Å². The van der Waals surface area contributed by atoms with Crippen molar-refractivity contribution < 1.29 is 13.9 Å². The molecular weight excluding hydrogens is 340 g/mol. The number of benzene rings is 2. The summed E-state index contributed by atoms with van der Waals surface area (Å²) in [6.07, 6.45) is 2.29. The Hall–Kier alpha value is -3.21. The summed E-state index contributed by atoms with van der Waals surface area (Å²) in [5.74, 6) is 1.58. The van der Waals surface area contributed by atoms with Gasteiger partial charge in [0.05, 0.1) is 13.2 Å². The number of ether oxygens (including phenoxy) is 1. The Balaban J connectivity index is 1.99. The molecule has 0 aliphatic rings. The smallest absolute Gasteiger partial charge is 0.315 e. The van der Waals surface area contributed by atoms with Crippen molar-refractivity contribution in [3.05, 3.63) is 78.1 Å². The summed E-state index contributed by atoms with van der Waals surface area (Å²) in [6.45, 7) is 5.97. The summed E-state index contributed by atoms with van der Waals surface area (Å²) in [4.78, 5) is 12.1. The van der Waals surface area contributed by atoms with E-state index < -0.39 is 0 Å². The summed E-state index contributed by atoms with van der Waals surface area (Å²) >= 11 is 0. The molecule has 0 aliphatic carbocycles. The molecule has 0 saturated heterocycles. The average Bonchev–Trinajstić information content (AvgIpc) is 3.03. The minimum absolute atomic E-state index is 0.234. The molecule has 0 fully saturated rings. The summed E-state index contributed by atoms with van der Waals surface area (Å²) in [5, 5.41) is 6.66. The molecule has 0 bridgehead atoms. The van der Waals surface area contributed by atoms with Gasteiger partial charge >= 0.3 is 6.03 Å². The van der Waals surface area contributed by atoms with Gasteiger partial charge in [-0.05, 0) is 30.7 Å². The van der Waals surface area contributed by atoms with E-state index >= 15 is 0 Å². The van der Waals surface area contributed by atoms with Crippen LogP contribution in [-0.2, 0) is 6.42 Å². The van der Waals surface area contributed by atoms with Gasteiger partial charge in [0, 0.05) is 23.9 Å². The van der Waals surface area contributed by atoms with Crippen molar-refractivity contribution in [1.29, 1.82) is 0 Å². The molecule has 1 unspecified atom stereocenters. The Bertz CT molecular complexity index is 931. The maximum absolute atomic E-state index is 12.1. The van der Waals surface area contributed by atoms with Crippen LogP contribution in [-0.4, -0.2) is 19.7 Å². The van der Waals surface area contributed by atoms with Crippen molar-refractivity contribution in [3.8, 4) is 5.75 Å². The lowest BCUT2D eigenvalue weighted by atomic mass is 10.00. The number of hydrogen-bond donors (Lipinski definition) is 2. The van der Waals surface area contributed by atoms with E-state index in [0.29, 0.717) is 13.0 Å². The number of methoxy groups -OCH3 is 1. The van der Waals surface area contributed by atoms with Crippen LogP contribution < -0.4 is 15.4 Å². The molecule has 1 atom stereocenters. The highest BCUT2D eigenvalue weighted by molar-refractivity contribution is 5.85. The van der Waals surface area contributed by atoms with Gasteiger partial charge in [-0.15, -0.1) is 6.58 Å². The van der Waals surface area contributed by atoms with E-state index in [-0.39, 0.29) is 12.1 Å². The molecule has 2 N–H and O–H groups in total. The third-order valence-electron chi connectivity index (χ3n) is 4.41. The Kier molecular flexibility index (Phi) is 5.81. The lowest BCUT2D eigenvalue weighted by Gasteiger charge is -2.15. The molecule has 0 spiro atoms. The largest absolute Gasteiger partial charge is 0.497 e. The van der Waals surface area contributed by atoms with E-state index in [1.54, 1.807) is 13.2 Å². The topological polar surface area (TPSA) is 63.5 Å². The molecule has 5 heteroatoms. The van der Waals surface area contributed by atoms with Gasteiger partial charge in [-0.3, -0.25) is 0 Å². The Morgan fingerprint density at radius 2 is 2.04 bits per heavy atom. The first-order chi connectivity index (χ1) is 13.1. The molecule has 0 aliphatic heterocycles. The SMILES string of the molecule is C=CCNC(=O)NC(C)c1c(Cc2ccccc2)oc2ccc(OC)cc12. The number of carbonyl (C=O) groups excluding carboxylic acids is 1. The highest BCUT2D eigenvalue weighted by Gasteiger charge is 2.21. The second kappa shape index (κ2) is 8.45. The Morgan fingerprint density at radius 3 is 2.74 bits per heavy atom. The second-order valence-corrected chi connectivity index (χ2v) is 6.33. The van der Waals surface area contributed by atoms with Crippen molar-refractivity contribution in [2.24, 2.45) is 0 Å². The van der Waals surface area contributed by atoms with Gasteiger partial charge in [-0.2, -0.15) is 0 Å². The average molecular weight is 364 g/mol. The summed E-state index contributed by atoms with van der Waals surface area (Å²) in [6, 6.07) is 15.4. The third-order valence-corrected chi connectivity index (χ3v) is 4.41. The standard InChI is InChI=1S/C22H24N2O3/c1-4-12-23-22(25)24-15(2)21-18-14-17(26-3)10-11-19(18)27-20(21)13-16-8-6-5-7-9-16/h4-11,14-15H,1,12-13H2,2-3H3,(H2,23,24,25). The zero-order valence-corrected chi connectivity index (χ0v) is 15.6. The summed E-state index contributed by atoms with van der Waals surface area (Å²) in [7, 11) is 1.64. The number of amides is 2. The quantitative estimate of drug-likeness (QED) is 0.603. The van der Waals surface area contributed by atoms with Crippen LogP contribution in [0.2, 0.25) is 0 Å². The molecule has 1 aromatic heterocycles. The molecule has 0 saturated carbocycles. The first kappa shape index (κ1) is 18.6. The van der Waals surface area contributed by atoms with Gasteiger partial charge in [-0.1, -0.05) is 36.4 Å². The fourth-order valence-electron chi connectivity index (χ4n) is 3.15. The predicted octanol–water partition coefficient (Wildman–Crippen LogP) is 4.58. The number of fused-ring (bicyclic) bond motifs is 1. The zero-order valence-electron chi connectivity index (χ0n) is 15.6. The van der Waals surface area contributed by atoms with Crippen LogP contribution in [0.1, 0.15) is 29.9 Å². The van der Waals surface area contributed by atoms with E-state index in [1.165, 1.54) is 0 Å². The van der Waals surface area contributed by atoms with Crippen molar-refractivity contribution in [2.45, 2.75) is 19.4 Å². The number of furan rings is 1. The summed E-state index contributed by atoms with van der Waals surface area (Å²) in [5.41, 5.74) is 2.88. The first-order valence-corrected chi connectivity index (χ1v) is 8.91. The maximum atomic E-state index is 12.1. The maximum Gasteiger partial charge on any atom is 0.315 e. The van der Waals surface area contributed by atoms with E-state index in [1.807, 2.05) is 43.3 Å². The lowest BCUT2D eigenvalue weighted by molar-refractivity contribution is 0.239. The van der Waals surface area contributed by atoms with Crippen molar-refractivity contribution >= 4 is 17.0 Å². The molecular formula is C22H24N2O3. The normalized spacial score (nSPS) is 11.8. The van der Waals surface area contributed by atoms with Crippen LogP contribution in [0.25, 0.3) is 11.0 Å². The highest BCUT2D eigenvalue weighted by Crippen LogP contribution is 2.34. The van der Waals surface area contributed by atoms with E-state index in [9.17, 15) is 4.79 Å². The highest BCUT2D eigenvalue weighted by atomic mass is 16.5. The molecule has 0 radical (unpaired) electrons. The van der Waals surface area contributed by atoms with Crippen LogP contribution in [0.5, 0.6) is 5.75 Å². The molecule has 1 heterocycles. The van der Waals surface area contributed by atoms with Crippen LogP contribution in [0.3, 0.4) is 0 Å². The Morgan fingerprint density at radius 1 is 1.26 bits per heavy atom. The van der Waals surface area contributed by atoms with E-state index in [4.69, 9.17) is 9.15 Å². The number of carbonyl (C=O) groups is 1. The van der Waals surface area contributed by atoms with Gasteiger partial charge in [0.15, 0.2) is 0 Å². The van der Waals surface area contributed by atoms with Gasteiger partial charge in [-0.25, -0.2) is 4.79 Å². The van der Waals surface area contributed by atoms with Crippen LogP contribution in [0, 0.1) is 0 Å². The number of hydrogen-bond acceptors (Lipinski definition) is 3. The molecule has 140 valence electrons. The van der Waals surface area contributed by atoms with Gasteiger partial charge in [0.2, 0.25) is 0 Å². The molecule has 2 amide bonds. The van der Waals surface area contributed by atoms with Gasteiger partial charge < -0.3 is 19.8 Å². The fourth-order valence-corrected chi connectivity index (χ4v) is 3.15. The number of urea groups is 1. The number of nitrogens with one attached hydrogen (secondary N) is 2. The van der Waals surface area contributed by atoms with E-state index in [0.717, 1.165) is 33.6 Å². The lowest BCUT2D eigenvalue weighted by Crippen LogP contribution is -2.37. The minimum atomic E-state index is -0.245. The third kappa shape index (κ3) is 4.31.